The number of hydrogen-bond donors (Lipinski definition) is 1. The van der Waals surface area contributed by atoms with E-state index in [0.29, 0.717) is 12.5 Å². The molecule has 0 aromatic carbocycles. The van der Waals surface area contributed by atoms with Gasteiger partial charge in [-0.1, -0.05) is 11.6 Å². The van der Waals surface area contributed by atoms with Crippen LogP contribution in [0.15, 0.2) is 23.2 Å². The van der Waals surface area contributed by atoms with Crippen LogP contribution in [0.5, 0.6) is 0 Å². The molecule has 1 aromatic rings. The first kappa shape index (κ1) is 15.7. The molecule has 0 radical (unpaired) electrons. The Hall–Kier alpha value is -0.690. The smallest absolute Gasteiger partial charge is 0.242 e. The molecule has 0 aliphatic carbocycles. The normalized spacial score (nSPS) is 18.3. The zero-order valence-corrected chi connectivity index (χ0v) is 13.1. The highest BCUT2D eigenvalue weighted by Crippen LogP contribution is 2.19. The third-order valence-electron chi connectivity index (χ3n) is 3.69. The quantitative estimate of drug-likeness (QED) is 0.840. The zero-order chi connectivity index (χ0) is 14.6. The molecule has 0 bridgehead atoms. The second kappa shape index (κ2) is 6.85. The van der Waals surface area contributed by atoms with E-state index < -0.39 is 10.0 Å². The van der Waals surface area contributed by atoms with Crippen molar-refractivity contribution in [2.75, 3.05) is 26.7 Å². The van der Waals surface area contributed by atoms with Gasteiger partial charge in [0.05, 0.1) is 0 Å². The molecule has 0 atom stereocenters. The number of nitrogens with zero attached hydrogens (tertiary/aromatic N) is 2. The molecule has 0 amide bonds. The maximum Gasteiger partial charge on any atom is 0.242 e. The maximum atomic E-state index is 12.0. The fourth-order valence-corrected chi connectivity index (χ4v) is 3.46. The number of sulfonamides is 1. The molecule has 2 rings (SSSR count). The van der Waals surface area contributed by atoms with E-state index in [2.05, 4.69) is 21.7 Å². The molecular formula is C13H20ClN3O2S. The molecule has 0 saturated carbocycles. The van der Waals surface area contributed by atoms with Gasteiger partial charge in [-0.05, 0) is 57.5 Å². The van der Waals surface area contributed by atoms with Gasteiger partial charge >= 0.3 is 0 Å². The van der Waals surface area contributed by atoms with E-state index in [0.717, 1.165) is 32.4 Å². The van der Waals surface area contributed by atoms with Crippen molar-refractivity contribution in [3.63, 3.8) is 0 Å². The van der Waals surface area contributed by atoms with Crippen molar-refractivity contribution < 1.29 is 8.42 Å². The van der Waals surface area contributed by atoms with Crippen LogP contribution in [0.2, 0.25) is 5.15 Å². The van der Waals surface area contributed by atoms with Crippen LogP contribution >= 0.6 is 11.6 Å². The van der Waals surface area contributed by atoms with Gasteiger partial charge in [-0.25, -0.2) is 18.1 Å². The Kier molecular flexibility index (Phi) is 5.37. The fourth-order valence-electron chi connectivity index (χ4n) is 2.35. The van der Waals surface area contributed by atoms with Gasteiger partial charge in [0.2, 0.25) is 10.0 Å². The summed E-state index contributed by atoms with van der Waals surface area (Å²) < 4.78 is 26.7. The van der Waals surface area contributed by atoms with Gasteiger partial charge in [-0.2, -0.15) is 0 Å². The summed E-state index contributed by atoms with van der Waals surface area (Å²) in [5.74, 6) is 0.609. The maximum absolute atomic E-state index is 12.0. The van der Waals surface area contributed by atoms with Crippen LogP contribution < -0.4 is 4.72 Å². The first-order valence-corrected chi connectivity index (χ1v) is 8.63. The molecule has 1 aliphatic rings. The van der Waals surface area contributed by atoms with Gasteiger partial charge in [-0.15, -0.1) is 0 Å². The summed E-state index contributed by atoms with van der Waals surface area (Å²) >= 11 is 5.65. The lowest BCUT2D eigenvalue weighted by Crippen LogP contribution is -2.32. The van der Waals surface area contributed by atoms with E-state index in [1.165, 1.54) is 18.3 Å². The summed E-state index contributed by atoms with van der Waals surface area (Å²) in [4.78, 5) is 6.26. The number of aromatic nitrogens is 1. The zero-order valence-electron chi connectivity index (χ0n) is 11.5. The Morgan fingerprint density at radius 3 is 2.70 bits per heavy atom. The van der Waals surface area contributed by atoms with Crippen molar-refractivity contribution in [2.24, 2.45) is 5.92 Å². The Morgan fingerprint density at radius 1 is 1.40 bits per heavy atom. The van der Waals surface area contributed by atoms with E-state index in [1.807, 2.05) is 0 Å². The van der Waals surface area contributed by atoms with Crippen molar-refractivity contribution in [2.45, 2.75) is 24.2 Å². The van der Waals surface area contributed by atoms with Gasteiger partial charge in [0.15, 0.2) is 0 Å². The standard InChI is InChI=1S/C13H20ClN3O2S/c1-17-8-5-11(6-9-17)4-7-16-20(18,19)12-2-3-13(14)15-10-12/h2-3,10-11,16H,4-9H2,1H3. The summed E-state index contributed by atoms with van der Waals surface area (Å²) in [5, 5.41) is 0.287. The number of piperidine rings is 1. The van der Waals surface area contributed by atoms with E-state index >= 15 is 0 Å². The van der Waals surface area contributed by atoms with Crippen LogP contribution in [-0.4, -0.2) is 45.0 Å². The molecule has 2 heterocycles. The van der Waals surface area contributed by atoms with Crippen molar-refractivity contribution in [3.05, 3.63) is 23.5 Å². The number of halogens is 1. The van der Waals surface area contributed by atoms with Gasteiger partial charge in [0.25, 0.3) is 0 Å². The number of nitrogens with one attached hydrogen (secondary N) is 1. The molecule has 1 aromatic heterocycles. The minimum absolute atomic E-state index is 0.158. The lowest BCUT2D eigenvalue weighted by molar-refractivity contribution is 0.213. The van der Waals surface area contributed by atoms with E-state index in [1.54, 1.807) is 0 Å². The van der Waals surface area contributed by atoms with Crippen molar-refractivity contribution >= 4 is 21.6 Å². The van der Waals surface area contributed by atoms with Gasteiger partial charge < -0.3 is 4.90 Å². The molecule has 1 aliphatic heterocycles. The van der Waals surface area contributed by atoms with Gasteiger partial charge in [0.1, 0.15) is 10.0 Å². The number of pyridine rings is 1. The summed E-state index contributed by atoms with van der Waals surface area (Å²) in [6.07, 6.45) is 4.44. The van der Waals surface area contributed by atoms with E-state index in [4.69, 9.17) is 11.6 Å². The molecule has 0 spiro atoms. The van der Waals surface area contributed by atoms with Crippen molar-refractivity contribution in [3.8, 4) is 0 Å². The fraction of sp³-hybridized carbons (Fsp3) is 0.615. The third-order valence-corrected chi connectivity index (χ3v) is 5.36. The Labute approximate surface area is 125 Å². The van der Waals surface area contributed by atoms with Gasteiger partial charge in [-0.3, -0.25) is 0 Å². The van der Waals surface area contributed by atoms with Crippen molar-refractivity contribution in [1.29, 1.82) is 0 Å². The third kappa shape index (κ3) is 4.41. The molecule has 1 fully saturated rings. The highest BCUT2D eigenvalue weighted by Gasteiger charge is 2.18. The van der Waals surface area contributed by atoms with Crippen LogP contribution in [-0.2, 0) is 10.0 Å². The molecule has 5 nitrogen and oxygen atoms in total. The molecular weight excluding hydrogens is 298 g/mol. The molecule has 1 N–H and O–H groups in total. The summed E-state index contributed by atoms with van der Waals surface area (Å²) in [5.41, 5.74) is 0. The largest absolute Gasteiger partial charge is 0.306 e. The topological polar surface area (TPSA) is 62.3 Å². The van der Waals surface area contributed by atoms with E-state index in [-0.39, 0.29) is 10.0 Å². The summed E-state index contributed by atoms with van der Waals surface area (Å²) in [6.45, 7) is 2.66. The lowest BCUT2D eigenvalue weighted by Gasteiger charge is -2.28. The molecule has 112 valence electrons. The first-order chi connectivity index (χ1) is 9.47. The van der Waals surface area contributed by atoms with Gasteiger partial charge in [0, 0.05) is 12.7 Å². The highest BCUT2D eigenvalue weighted by atomic mass is 35.5. The number of rotatable bonds is 5. The first-order valence-electron chi connectivity index (χ1n) is 6.77. The van der Waals surface area contributed by atoms with Crippen LogP contribution in [0.3, 0.4) is 0 Å². The summed E-state index contributed by atoms with van der Waals surface area (Å²) in [6, 6.07) is 2.94. The lowest BCUT2D eigenvalue weighted by atomic mass is 9.94. The average Bonchev–Trinajstić information content (AvgIpc) is 2.41. The van der Waals surface area contributed by atoms with Crippen molar-refractivity contribution in [1.82, 2.24) is 14.6 Å². The second-order valence-corrected chi connectivity index (χ2v) is 7.40. The highest BCUT2D eigenvalue weighted by molar-refractivity contribution is 7.89. The Morgan fingerprint density at radius 2 is 2.10 bits per heavy atom. The number of hydrogen-bond acceptors (Lipinski definition) is 4. The Bertz CT molecular complexity index is 525. The molecule has 1 saturated heterocycles. The minimum Gasteiger partial charge on any atom is -0.306 e. The van der Waals surface area contributed by atoms with E-state index in [9.17, 15) is 8.42 Å². The monoisotopic (exact) mass is 317 g/mol. The van der Waals surface area contributed by atoms with Crippen LogP contribution in [0.4, 0.5) is 0 Å². The minimum atomic E-state index is -3.47. The summed E-state index contributed by atoms with van der Waals surface area (Å²) in [7, 11) is -1.35. The van der Waals surface area contributed by atoms with Crippen LogP contribution in [0, 0.1) is 5.92 Å². The SMILES string of the molecule is CN1CCC(CCNS(=O)(=O)c2ccc(Cl)nc2)CC1. The predicted octanol–water partition coefficient (Wildman–Crippen LogP) is 1.75. The van der Waals surface area contributed by atoms with Crippen LogP contribution in [0.25, 0.3) is 0 Å². The molecule has 0 unspecified atom stereocenters. The second-order valence-electron chi connectivity index (χ2n) is 5.25. The number of likely N-dealkylation sites (tertiary alicyclic amines) is 1. The predicted molar refractivity (Wildman–Crippen MR) is 79.3 cm³/mol. The Balaban J connectivity index is 1.82. The average molecular weight is 318 g/mol. The van der Waals surface area contributed by atoms with Crippen LogP contribution in [0.1, 0.15) is 19.3 Å². The molecule has 7 heteroatoms. The molecule has 20 heavy (non-hydrogen) atoms.